The number of fused-ring (bicyclic) bond motifs is 10. The Morgan fingerprint density at radius 1 is 0.579 bits per heavy atom. The molecule has 8 aliphatic rings. The highest BCUT2D eigenvalue weighted by atomic mass is 16.5. The van der Waals surface area contributed by atoms with Crippen LogP contribution in [0.5, 0.6) is 0 Å². The highest BCUT2D eigenvalue weighted by Gasteiger charge is 2.64. The molecule has 0 amide bonds. The van der Waals surface area contributed by atoms with Crippen molar-refractivity contribution in [3.05, 3.63) is 0 Å². The van der Waals surface area contributed by atoms with Crippen LogP contribution in [0.1, 0.15) is 184 Å². The summed E-state index contributed by atoms with van der Waals surface area (Å²) in [5.74, 6) is 8.35. The molecular weight excluding hydrogens is 709 g/mol. The first-order valence-corrected chi connectivity index (χ1v) is 24.5. The van der Waals surface area contributed by atoms with E-state index in [1.54, 1.807) is 0 Å². The molecule has 6 nitrogen and oxygen atoms in total. The number of carbonyl (C=O) groups is 2. The van der Waals surface area contributed by atoms with Crippen molar-refractivity contribution in [2.24, 2.45) is 105 Å². The molecule has 0 aromatic heterocycles. The SMILES string of the molecule is CO[C@H]1C[C@@H]2C[C@H](C)CC[C@]2(C)[C@H]2CC[C@]3(C)[C@@H]([C@H](C)CCC(=O)O)CC[C@H]3[C@H]12.C[C@@H]1CC[C@@]2(C)[C@@H](C1)C[C@H](O)[C@@H]1[C@@H]2CC[C@]2(C)[C@@H]([C@H](C)CCC(=O)O)CC[C@@H]12. The van der Waals surface area contributed by atoms with Gasteiger partial charge < -0.3 is 20.1 Å². The Morgan fingerprint density at radius 3 is 1.44 bits per heavy atom. The average Bonchev–Trinajstić information content (AvgIpc) is 3.70. The molecule has 0 spiro atoms. The molecule has 0 saturated heterocycles. The number of carboxylic acids is 2. The van der Waals surface area contributed by atoms with Crippen molar-refractivity contribution >= 4 is 11.9 Å². The van der Waals surface area contributed by atoms with Gasteiger partial charge in [0.1, 0.15) is 0 Å². The highest BCUT2D eigenvalue weighted by molar-refractivity contribution is 5.66. The van der Waals surface area contributed by atoms with Crippen molar-refractivity contribution in [3.8, 4) is 0 Å². The number of aliphatic carboxylic acids is 2. The fraction of sp³-hybridized carbons (Fsp3) is 0.961. The Hall–Kier alpha value is -1.14. The van der Waals surface area contributed by atoms with Crippen LogP contribution < -0.4 is 0 Å². The second-order valence-electron chi connectivity index (χ2n) is 23.8. The Balaban J connectivity index is 0.000000174. The third-order valence-corrected chi connectivity index (χ3v) is 21.3. The minimum atomic E-state index is -0.663. The maximum Gasteiger partial charge on any atom is 0.303 e. The Labute approximate surface area is 348 Å². The first-order chi connectivity index (χ1) is 26.9. The summed E-state index contributed by atoms with van der Waals surface area (Å²) in [7, 11) is 1.96. The van der Waals surface area contributed by atoms with Gasteiger partial charge in [-0.3, -0.25) is 9.59 Å². The Bertz CT molecular complexity index is 1430. The van der Waals surface area contributed by atoms with Crippen molar-refractivity contribution in [3.63, 3.8) is 0 Å². The van der Waals surface area contributed by atoms with Gasteiger partial charge in [-0.25, -0.2) is 0 Å². The lowest BCUT2D eigenvalue weighted by atomic mass is 9.43. The topological polar surface area (TPSA) is 104 Å². The molecule has 57 heavy (non-hydrogen) atoms. The van der Waals surface area contributed by atoms with Gasteiger partial charge in [0.05, 0.1) is 12.2 Å². The van der Waals surface area contributed by atoms with Gasteiger partial charge in [0.25, 0.3) is 0 Å². The molecule has 20 atom stereocenters. The van der Waals surface area contributed by atoms with Crippen molar-refractivity contribution < 1.29 is 29.6 Å². The van der Waals surface area contributed by atoms with Gasteiger partial charge in [-0.2, -0.15) is 0 Å². The molecule has 6 heteroatoms. The fourth-order valence-corrected chi connectivity index (χ4v) is 18.2. The van der Waals surface area contributed by atoms with Gasteiger partial charge in [-0.05, 0) is 207 Å². The second kappa shape index (κ2) is 16.6. The molecule has 0 aromatic carbocycles. The van der Waals surface area contributed by atoms with E-state index in [1.807, 2.05) is 7.11 Å². The third kappa shape index (κ3) is 7.73. The van der Waals surface area contributed by atoms with E-state index < -0.39 is 11.9 Å². The normalized spacial score (nSPS) is 51.0. The molecule has 0 radical (unpaired) electrons. The molecular formula is C51H86O6. The Kier molecular flexibility index (Phi) is 12.8. The van der Waals surface area contributed by atoms with E-state index in [0.29, 0.717) is 93.9 Å². The van der Waals surface area contributed by atoms with E-state index >= 15 is 0 Å². The summed E-state index contributed by atoms with van der Waals surface area (Å²) in [6, 6.07) is 0. The maximum absolute atomic E-state index is 11.3. The summed E-state index contributed by atoms with van der Waals surface area (Å²) < 4.78 is 6.24. The molecule has 0 unspecified atom stereocenters. The minimum Gasteiger partial charge on any atom is -0.481 e. The summed E-state index contributed by atoms with van der Waals surface area (Å²) in [5, 5.41) is 29.6. The summed E-state index contributed by atoms with van der Waals surface area (Å²) in [6.45, 7) is 19.7. The van der Waals surface area contributed by atoms with Gasteiger partial charge in [0.15, 0.2) is 0 Å². The zero-order valence-corrected chi connectivity index (χ0v) is 37.9. The van der Waals surface area contributed by atoms with Crippen LogP contribution >= 0.6 is 0 Å². The number of hydrogen-bond acceptors (Lipinski definition) is 4. The third-order valence-electron chi connectivity index (χ3n) is 21.3. The van der Waals surface area contributed by atoms with Crippen LogP contribution in [0, 0.1) is 105 Å². The number of hydrogen-bond donors (Lipinski definition) is 3. The lowest BCUT2D eigenvalue weighted by Gasteiger charge is -2.63. The number of ether oxygens (including phenoxy) is 1. The van der Waals surface area contributed by atoms with Crippen LogP contribution in [0.25, 0.3) is 0 Å². The zero-order valence-electron chi connectivity index (χ0n) is 37.9. The van der Waals surface area contributed by atoms with Crippen molar-refractivity contribution in [2.75, 3.05) is 7.11 Å². The number of aliphatic hydroxyl groups is 1. The molecule has 8 saturated carbocycles. The molecule has 0 bridgehead atoms. The summed E-state index contributed by atoms with van der Waals surface area (Å²) >= 11 is 0. The van der Waals surface area contributed by atoms with Crippen molar-refractivity contribution in [1.29, 1.82) is 0 Å². The number of methoxy groups -OCH3 is 1. The largest absolute Gasteiger partial charge is 0.481 e. The molecule has 8 rings (SSSR count). The van der Waals surface area contributed by atoms with Crippen LogP contribution in [0.3, 0.4) is 0 Å². The predicted octanol–water partition coefficient (Wildman–Crippen LogP) is 12.2. The van der Waals surface area contributed by atoms with Crippen molar-refractivity contribution in [1.82, 2.24) is 0 Å². The summed E-state index contributed by atoms with van der Waals surface area (Å²) in [4.78, 5) is 22.2. The van der Waals surface area contributed by atoms with Crippen LogP contribution in [0.4, 0.5) is 0 Å². The molecule has 326 valence electrons. The summed E-state index contributed by atoms with van der Waals surface area (Å²) in [6.07, 6.45) is 23.5. The zero-order chi connectivity index (χ0) is 41.2. The Morgan fingerprint density at radius 2 is 0.982 bits per heavy atom. The van der Waals surface area contributed by atoms with Crippen LogP contribution in [-0.2, 0) is 14.3 Å². The summed E-state index contributed by atoms with van der Waals surface area (Å²) in [5.41, 5.74) is 1.62. The fourth-order valence-electron chi connectivity index (χ4n) is 18.2. The molecule has 0 heterocycles. The molecule has 0 aromatic rings. The van der Waals surface area contributed by atoms with E-state index in [-0.39, 0.29) is 6.10 Å². The van der Waals surface area contributed by atoms with Crippen LogP contribution in [0.2, 0.25) is 0 Å². The second-order valence-corrected chi connectivity index (χ2v) is 23.8. The molecule has 0 aliphatic heterocycles. The van der Waals surface area contributed by atoms with Gasteiger partial charge in [-0.15, -0.1) is 0 Å². The molecule has 3 N–H and O–H groups in total. The van der Waals surface area contributed by atoms with E-state index in [0.717, 1.165) is 48.9 Å². The van der Waals surface area contributed by atoms with Crippen LogP contribution in [0.15, 0.2) is 0 Å². The number of rotatable bonds is 9. The van der Waals surface area contributed by atoms with E-state index in [1.165, 1.54) is 96.3 Å². The highest BCUT2D eigenvalue weighted by Crippen LogP contribution is 2.70. The van der Waals surface area contributed by atoms with Crippen molar-refractivity contribution in [2.45, 2.75) is 196 Å². The first kappa shape index (κ1) is 43.9. The predicted molar refractivity (Wildman–Crippen MR) is 228 cm³/mol. The van der Waals surface area contributed by atoms with Gasteiger partial charge in [0, 0.05) is 20.0 Å². The monoisotopic (exact) mass is 795 g/mol. The van der Waals surface area contributed by atoms with Gasteiger partial charge >= 0.3 is 11.9 Å². The maximum atomic E-state index is 11.3. The number of carboxylic acid groups (broad SMARTS) is 2. The average molecular weight is 795 g/mol. The van der Waals surface area contributed by atoms with Crippen LogP contribution in [-0.4, -0.2) is 46.6 Å². The lowest BCUT2D eigenvalue weighted by Crippen LogP contribution is -2.58. The number of aliphatic hydroxyl groups excluding tert-OH is 1. The smallest absolute Gasteiger partial charge is 0.303 e. The minimum absolute atomic E-state index is 0.119. The molecule has 8 fully saturated rings. The standard InChI is InChI=1S/C26H44O3.C25H42O3/c1-16-10-12-25(3)18(14-16)15-22(29-5)24-20-8-7-19(17(2)6-9-23(27)28)26(20,4)13-11-21(24)25;1-15-9-11-24(3)17(13-15)14-21(26)23-19-7-6-18(16(2)5-8-22(27)28)25(19,4)12-10-20(23)24/h16-22,24H,6-15H2,1-5H3,(H,27,28);15-21,23,26H,5-14H2,1-4H3,(H,27,28)/t16-,17-,18+,19-,20+,21+,22+,24+,25+,26-;15-,16-,17+,18-,19+,20+,21+,23+,24+,25-/m11/s1. The van der Waals surface area contributed by atoms with E-state index in [4.69, 9.17) is 14.9 Å². The van der Waals surface area contributed by atoms with Gasteiger partial charge in [-0.1, -0.05) is 68.2 Å². The molecule has 8 aliphatic carbocycles. The first-order valence-electron chi connectivity index (χ1n) is 24.5. The van der Waals surface area contributed by atoms with Gasteiger partial charge in [0.2, 0.25) is 0 Å². The van der Waals surface area contributed by atoms with E-state index in [9.17, 15) is 14.7 Å². The lowest BCUT2D eigenvalue weighted by molar-refractivity contribution is -0.176. The quantitative estimate of drug-likeness (QED) is 0.215. The van der Waals surface area contributed by atoms with E-state index in [2.05, 4.69) is 55.4 Å².